The van der Waals surface area contributed by atoms with Gasteiger partial charge in [-0.25, -0.2) is 4.99 Å². The van der Waals surface area contributed by atoms with Gasteiger partial charge in [0.05, 0.1) is 5.02 Å². The molecular formula is C19H17ClF2N4O2. The Morgan fingerprint density at radius 2 is 1.89 bits per heavy atom. The van der Waals surface area contributed by atoms with Gasteiger partial charge in [-0.2, -0.15) is 8.78 Å². The Bertz CT molecular complexity index is 1040. The van der Waals surface area contributed by atoms with E-state index in [2.05, 4.69) is 9.98 Å². The number of ether oxygens (including phenoxy) is 1. The molecule has 1 spiro atoms. The number of rotatable bonds is 1. The van der Waals surface area contributed by atoms with E-state index in [0.29, 0.717) is 16.1 Å². The van der Waals surface area contributed by atoms with Crippen LogP contribution in [0.25, 0.3) is 11.1 Å². The lowest BCUT2D eigenvalue weighted by Crippen LogP contribution is -2.65. The van der Waals surface area contributed by atoms with Crippen LogP contribution in [-0.4, -0.2) is 40.3 Å². The first-order valence-corrected chi connectivity index (χ1v) is 8.85. The second kappa shape index (κ2) is 5.64. The molecule has 0 fully saturated rings. The van der Waals surface area contributed by atoms with E-state index in [-0.39, 0.29) is 17.3 Å². The van der Waals surface area contributed by atoms with Crippen molar-refractivity contribution < 1.29 is 18.3 Å². The summed E-state index contributed by atoms with van der Waals surface area (Å²) in [5.41, 5.74) is 2.37. The standard InChI is InChI=1S/C19H17ClF2N4O2/c1-17(2)19(21,22)18(15(27)26(3)16(23)25-18)13-7-10(4-5-14(13)28-17)11-6-12(20)9-24-8-11/h4-9H,1-3H3,(H2,23,25). The van der Waals surface area contributed by atoms with E-state index in [1.165, 1.54) is 33.2 Å². The number of hydrogen-bond acceptors (Lipinski definition) is 5. The molecule has 0 saturated carbocycles. The van der Waals surface area contributed by atoms with Crippen molar-refractivity contribution in [2.75, 3.05) is 7.05 Å². The minimum absolute atomic E-state index is 0.0494. The van der Waals surface area contributed by atoms with Gasteiger partial charge >= 0.3 is 5.92 Å². The van der Waals surface area contributed by atoms with E-state index in [4.69, 9.17) is 22.1 Å². The molecule has 2 N–H and O–H groups in total. The third-order valence-electron chi connectivity index (χ3n) is 5.22. The van der Waals surface area contributed by atoms with Gasteiger partial charge in [0.25, 0.3) is 5.91 Å². The lowest BCUT2D eigenvalue weighted by atomic mass is 9.73. The number of carbonyl (C=O) groups excluding carboxylic acids is 1. The lowest BCUT2D eigenvalue weighted by molar-refractivity contribution is -0.208. The summed E-state index contributed by atoms with van der Waals surface area (Å²) in [4.78, 5) is 22.0. The van der Waals surface area contributed by atoms with E-state index in [1.54, 1.807) is 24.4 Å². The Hall–Kier alpha value is -2.74. The summed E-state index contributed by atoms with van der Waals surface area (Å²) in [6, 6.07) is 6.34. The van der Waals surface area contributed by atoms with Crippen molar-refractivity contribution in [3.05, 3.63) is 47.2 Å². The summed E-state index contributed by atoms with van der Waals surface area (Å²) in [6.07, 6.45) is 3.01. The Morgan fingerprint density at radius 3 is 2.50 bits per heavy atom. The van der Waals surface area contributed by atoms with Gasteiger partial charge in [0.15, 0.2) is 11.6 Å². The molecule has 2 aliphatic heterocycles. The average Bonchev–Trinajstić information content (AvgIpc) is 2.86. The lowest BCUT2D eigenvalue weighted by Gasteiger charge is -2.47. The quantitative estimate of drug-likeness (QED) is 0.788. The van der Waals surface area contributed by atoms with Crippen LogP contribution in [0.4, 0.5) is 8.78 Å². The highest BCUT2D eigenvalue weighted by atomic mass is 35.5. The van der Waals surface area contributed by atoms with Gasteiger partial charge in [-0.05, 0) is 37.6 Å². The van der Waals surface area contributed by atoms with Crippen LogP contribution in [-0.2, 0) is 10.3 Å². The molecule has 1 unspecified atom stereocenters. The van der Waals surface area contributed by atoms with E-state index in [9.17, 15) is 4.79 Å². The molecule has 0 saturated heterocycles. The number of nitrogens with zero attached hydrogens (tertiary/aromatic N) is 3. The molecule has 0 bridgehead atoms. The molecular weight excluding hydrogens is 390 g/mol. The maximum Gasteiger partial charge on any atom is 0.324 e. The summed E-state index contributed by atoms with van der Waals surface area (Å²) >= 11 is 6.00. The van der Waals surface area contributed by atoms with Crippen LogP contribution in [0.1, 0.15) is 19.4 Å². The fraction of sp³-hybridized carbons (Fsp3) is 0.316. The number of carbonyl (C=O) groups is 1. The SMILES string of the molecule is CN1C(=O)C2(N=C1N)c1cc(-c3cncc(Cl)c3)ccc1OC(C)(C)C2(F)F. The van der Waals surface area contributed by atoms with Crippen LogP contribution >= 0.6 is 11.6 Å². The molecule has 6 nitrogen and oxygen atoms in total. The molecule has 1 aromatic heterocycles. The number of fused-ring (bicyclic) bond motifs is 2. The fourth-order valence-corrected chi connectivity index (χ4v) is 3.79. The van der Waals surface area contributed by atoms with Crippen LogP contribution in [0.3, 0.4) is 0 Å². The third-order valence-corrected chi connectivity index (χ3v) is 5.43. The van der Waals surface area contributed by atoms with Crippen molar-refractivity contribution >= 4 is 23.5 Å². The number of benzene rings is 1. The van der Waals surface area contributed by atoms with Crippen LogP contribution in [0.15, 0.2) is 41.7 Å². The smallest absolute Gasteiger partial charge is 0.324 e. The Balaban J connectivity index is 2.02. The van der Waals surface area contributed by atoms with Crippen molar-refractivity contribution in [1.29, 1.82) is 0 Å². The summed E-state index contributed by atoms with van der Waals surface area (Å²) in [7, 11) is 1.32. The maximum atomic E-state index is 15.6. The number of pyridine rings is 1. The minimum Gasteiger partial charge on any atom is -0.481 e. The van der Waals surface area contributed by atoms with Crippen molar-refractivity contribution in [3.8, 4) is 16.9 Å². The van der Waals surface area contributed by atoms with Crippen LogP contribution in [0, 0.1) is 0 Å². The zero-order chi connectivity index (χ0) is 20.5. The van der Waals surface area contributed by atoms with Gasteiger partial charge in [-0.1, -0.05) is 17.7 Å². The van der Waals surface area contributed by atoms with E-state index in [1.807, 2.05) is 0 Å². The van der Waals surface area contributed by atoms with Crippen LogP contribution in [0.5, 0.6) is 5.75 Å². The zero-order valence-corrected chi connectivity index (χ0v) is 16.1. The van der Waals surface area contributed by atoms with E-state index in [0.717, 1.165) is 4.90 Å². The molecule has 0 radical (unpaired) electrons. The minimum atomic E-state index is -3.66. The van der Waals surface area contributed by atoms with E-state index < -0.39 is 23.0 Å². The van der Waals surface area contributed by atoms with Crippen molar-refractivity contribution in [2.45, 2.75) is 30.9 Å². The number of alkyl halides is 2. The number of aromatic nitrogens is 1. The summed E-state index contributed by atoms with van der Waals surface area (Å²) < 4.78 is 36.9. The normalized spacial score (nSPS) is 24.7. The molecule has 1 amide bonds. The molecule has 1 atom stereocenters. The Morgan fingerprint density at radius 1 is 1.18 bits per heavy atom. The largest absolute Gasteiger partial charge is 0.481 e. The summed E-state index contributed by atoms with van der Waals surface area (Å²) in [5.74, 6) is -4.70. The fourth-order valence-electron chi connectivity index (χ4n) is 3.62. The molecule has 2 aromatic rings. The molecule has 146 valence electrons. The number of amides is 1. The van der Waals surface area contributed by atoms with Gasteiger partial charge < -0.3 is 10.5 Å². The summed E-state index contributed by atoms with van der Waals surface area (Å²) in [6.45, 7) is 2.45. The van der Waals surface area contributed by atoms with Gasteiger partial charge in [-0.15, -0.1) is 0 Å². The zero-order valence-electron chi connectivity index (χ0n) is 15.3. The molecule has 3 heterocycles. The number of hydrogen-bond donors (Lipinski definition) is 1. The predicted octanol–water partition coefficient (Wildman–Crippen LogP) is 3.19. The highest BCUT2D eigenvalue weighted by Gasteiger charge is 2.74. The molecule has 28 heavy (non-hydrogen) atoms. The first-order chi connectivity index (χ1) is 13.0. The maximum absolute atomic E-state index is 15.6. The van der Waals surface area contributed by atoms with Gasteiger partial charge in [-0.3, -0.25) is 14.7 Å². The number of aliphatic imine (C=N–C) groups is 1. The van der Waals surface area contributed by atoms with Gasteiger partial charge in [0.1, 0.15) is 5.75 Å². The molecule has 0 aliphatic carbocycles. The number of nitrogens with two attached hydrogens (primary N) is 1. The van der Waals surface area contributed by atoms with Crippen LogP contribution < -0.4 is 10.5 Å². The number of likely N-dealkylation sites (N-methyl/N-ethyl adjacent to an activating group) is 1. The molecule has 9 heteroatoms. The second-order valence-electron chi connectivity index (χ2n) is 7.33. The average molecular weight is 407 g/mol. The molecule has 4 rings (SSSR count). The highest BCUT2D eigenvalue weighted by molar-refractivity contribution is 6.30. The number of halogens is 3. The Kier molecular flexibility index (Phi) is 3.75. The Labute approximate surface area is 165 Å². The summed E-state index contributed by atoms with van der Waals surface area (Å²) in [5, 5.41) is 0.395. The van der Waals surface area contributed by atoms with Gasteiger partial charge in [0, 0.05) is 30.6 Å². The van der Waals surface area contributed by atoms with Crippen molar-refractivity contribution in [1.82, 2.24) is 9.88 Å². The van der Waals surface area contributed by atoms with E-state index >= 15 is 8.78 Å². The van der Waals surface area contributed by atoms with Crippen molar-refractivity contribution in [3.63, 3.8) is 0 Å². The first-order valence-electron chi connectivity index (χ1n) is 8.47. The highest BCUT2D eigenvalue weighted by Crippen LogP contribution is 2.58. The predicted molar refractivity (Wildman–Crippen MR) is 100 cm³/mol. The second-order valence-corrected chi connectivity index (χ2v) is 7.77. The van der Waals surface area contributed by atoms with Crippen LogP contribution in [0.2, 0.25) is 5.02 Å². The molecule has 1 aromatic carbocycles. The first kappa shape index (κ1) is 18.6. The van der Waals surface area contributed by atoms with Gasteiger partial charge in [0.2, 0.25) is 5.54 Å². The third kappa shape index (κ3) is 2.21. The monoisotopic (exact) mass is 406 g/mol. The topological polar surface area (TPSA) is 80.8 Å². The number of guanidine groups is 1. The van der Waals surface area contributed by atoms with Crippen molar-refractivity contribution in [2.24, 2.45) is 10.7 Å². The molecule has 2 aliphatic rings.